The fourth-order valence-corrected chi connectivity index (χ4v) is 2.66. The van der Waals surface area contributed by atoms with E-state index in [0.717, 1.165) is 18.8 Å². The zero-order valence-electron chi connectivity index (χ0n) is 9.04. The fourth-order valence-electron chi connectivity index (χ4n) is 2.66. The number of rotatable bonds is 3. The summed E-state index contributed by atoms with van der Waals surface area (Å²) in [5.74, 6) is 0.912. The van der Waals surface area contributed by atoms with Gasteiger partial charge >= 0.3 is 0 Å². The van der Waals surface area contributed by atoms with Gasteiger partial charge in [-0.2, -0.15) is 0 Å². The van der Waals surface area contributed by atoms with Crippen molar-refractivity contribution in [1.82, 2.24) is 5.32 Å². The Balaban J connectivity index is 1.59. The third kappa shape index (κ3) is 2.96. The summed E-state index contributed by atoms with van der Waals surface area (Å²) in [6.45, 7) is 1.19. The Morgan fingerprint density at radius 1 is 1.00 bits per heavy atom. The molecule has 14 heavy (non-hydrogen) atoms. The van der Waals surface area contributed by atoms with E-state index in [1.54, 1.807) is 0 Å². The Bertz CT molecular complexity index is 158. The molecule has 2 heteroatoms. The first kappa shape index (κ1) is 10.4. The van der Waals surface area contributed by atoms with Gasteiger partial charge in [-0.3, -0.25) is 0 Å². The lowest BCUT2D eigenvalue weighted by atomic mass is 9.88. The molecule has 2 aliphatic rings. The van der Waals surface area contributed by atoms with E-state index in [1.165, 1.54) is 45.1 Å². The average Bonchev–Trinajstić information content (AvgIpc) is 2.38. The highest BCUT2D eigenvalue weighted by atomic mass is 16.3. The molecule has 82 valence electrons. The van der Waals surface area contributed by atoms with Gasteiger partial charge in [-0.25, -0.2) is 0 Å². The van der Waals surface area contributed by atoms with E-state index in [4.69, 9.17) is 5.11 Å². The maximum atomic E-state index is 9.16. The molecule has 2 fully saturated rings. The van der Waals surface area contributed by atoms with Crippen molar-refractivity contribution in [3.8, 4) is 0 Å². The highest BCUT2D eigenvalue weighted by Gasteiger charge is 2.27. The van der Waals surface area contributed by atoms with E-state index in [2.05, 4.69) is 5.32 Å². The maximum Gasteiger partial charge on any atom is 0.0570 e. The minimum atomic E-state index is -0.0124. The van der Waals surface area contributed by atoms with Crippen molar-refractivity contribution in [2.24, 2.45) is 5.92 Å². The summed E-state index contributed by atoms with van der Waals surface area (Å²) in [6.07, 6.45) is 10.5. The van der Waals surface area contributed by atoms with Crippen LogP contribution in [0.1, 0.15) is 51.4 Å². The molecule has 0 aliphatic heterocycles. The predicted molar refractivity (Wildman–Crippen MR) is 58.2 cm³/mol. The monoisotopic (exact) mass is 197 g/mol. The molecular formula is C12H23NO. The van der Waals surface area contributed by atoms with Gasteiger partial charge in [-0.1, -0.05) is 25.7 Å². The van der Waals surface area contributed by atoms with Crippen molar-refractivity contribution in [1.29, 1.82) is 0 Å². The van der Waals surface area contributed by atoms with Gasteiger partial charge in [0.15, 0.2) is 0 Å². The molecule has 0 spiro atoms. The third-order valence-electron chi connectivity index (χ3n) is 3.78. The van der Waals surface area contributed by atoms with E-state index in [1.807, 2.05) is 0 Å². The normalized spacial score (nSPS) is 34.9. The molecule has 2 rings (SSSR count). The summed E-state index contributed by atoms with van der Waals surface area (Å²) in [5, 5.41) is 12.7. The summed E-state index contributed by atoms with van der Waals surface area (Å²) >= 11 is 0. The Labute approximate surface area is 87.1 Å². The van der Waals surface area contributed by atoms with E-state index >= 15 is 0 Å². The van der Waals surface area contributed by atoms with Gasteiger partial charge in [0.2, 0.25) is 0 Å². The van der Waals surface area contributed by atoms with Crippen LogP contribution in [0.15, 0.2) is 0 Å². The van der Waals surface area contributed by atoms with E-state index in [0.29, 0.717) is 6.04 Å². The molecule has 0 atom stereocenters. The van der Waals surface area contributed by atoms with Gasteiger partial charge in [0, 0.05) is 6.04 Å². The first-order chi connectivity index (χ1) is 6.84. The minimum absolute atomic E-state index is 0.0124. The lowest BCUT2D eigenvalue weighted by Crippen LogP contribution is -2.45. The van der Waals surface area contributed by atoms with Gasteiger partial charge in [-0.15, -0.1) is 0 Å². The zero-order valence-corrected chi connectivity index (χ0v) is 9.04. The second-order valence-electron chi connectivity index (χ2n) is 5.09. The van der Waals surface area contributed by atoms with Gasteiger partial charge in [-0.05, 0) is 38.1 Å². The molecular weight excluding hydrogens is 174 g/mol. The van der Waals surface area contributed by atoms with Crippen LogP contribution in [0, 0.1) is 5.92 Å². The maximum absolute atomic E-state index is 9.16. The summed E-state index contributed by atoms with van der Waals surface area (Å²) in [5.41, 5.74) is 0. The van der Waals surface area contributed by atoms with Crippen LogP contribution < -0.4 is 5.32 Å². The van der Waals surface area contributed by atoms with Gasteiger partial charge in [0.1, 0.15) is 0 Å². The summed E-state index contributed by atoms with van der Waals surface area (Å²) in [4.78, 5) is 0. The topological polar surface area (TPSA) is 32.3 Å². The summed E-state index contributed by atoms with van der Waals surface area (Å²) in [6, 6.07) is 0.619. The summed E-state index contributed by atoms with van der Waals surface area (Å²) in [7, 11) is 0. The lowest BCUT2D eigenvalue weighted by Gasteiger charge is -2.33. The number of aliphatic hydroxyl groups excluding tert-OH is 1. The highest BCUT2D eigenvalue weighted by Crippen LogP contribution is 2.24. The van der Waals surface area contributed by atoms with E-state index in [9.17, 15) is 0 Å². The molecule has 2 nitrogen and oxygen atoms in total. The van der Waals surface area contributed by atoms with E-state index < -0.39 is 0 Å². The molecule has 0 amide bonds. The second kappa shape index (κ2) is 5.13. The SMILES string of the molecule is OC1CC(NCC2CCCCCC2)C1. The van der Waals surface area contributed by atoms with Crippen molar-refractivity contribution in [3.63, 3.8) is 0 Å². The second-order valence-corrected chi connectivity index (χ2v) is 5.09. The number of hydrogen-bond acceptors (Lipinski definition) is 2. The molecule has 0 unspecified atom stereocenters. The Hall–Kier alpha value is -0.0800. The molecule has 0 aromatic heterocycles. The molecule has 0 aromatic rings. The third-order valence-corrected chi connectivity index (χ3v) is 3.78. The number of hydrogen-bond donors (Lipinski definition) is 2. The summed E-state index contributed by atoms with van der Waals surface area (Å²) < 4.78 is 0. The molecule has 0 bridgehead atoms. The molecule has 2 aliphatic carbocycles. The van der Waals surface area contributed by atoms with Gasteiger partial charge in [0.25, 0.3) is 0 Å². The van der Waals surface area contributed by atoms with Crippen molar-refractivity contribution < 1.29 is 5.11 Å². The largest absolute Gasteiger partial charge is 0.393 e. The molecule has 0 aromatic carbocycles. The first-order valence-electron chi connectivity index (χ1n) is 6.26. The zero-order chi connectivity index (χ0) is 9.80. The van der Waals surface area contributed by atoms with Crippen molar-refractivity contribution in [3.05, 3.63) is 0 Å². The van der Waals surface area contributed by atoms with Crippen LogP contribution in [0.5, 0.6) is 0 Å². The predicted octanol–water partition coefficient (Wildman–Crippen LogP) is 2.07. The Kier molecular flexibility index (Phi) is 3.82. The van der Waals surface area contributed by atoms with Crippen LogP contribution in [0.25, 0.3) is 0 Å². The van der Waals surface area contributed by atoms with E-state index in [-0.39, 0.29) is 6.10 Å². The molecule has 0 radical (unpaired) electrons. The Morgan fingerprint density at radius 2 is 1.64 bits per heavy atom. The first-order valence-corrected chi connectivity index (χ1v) is 6.26. The van der Waals surface area contributed by atoms with Crippen LogP contribution in [-0.2, 0) is 0 Å². The van der Waals surface area contributed by atoms with Crippen molar-refractivity contribution in [2.75, 3.05) is 6.54 Å². The van der Waals surface area contributed by atoms with Gasteiger partial charge < -0.3 is 10.4 Å². The van der Waals surface area contributed by atoms with Crippen LogP contribution >= 0.6 is 0 Å². The number of aliphatic hydroxyl groups is 1. The lowest BCUT2D eigenvalue weighted by molar-refractivity contribution is 0.0606. The van der Waals surface area contributed by atoms with Crippen molar-refractivity contribution in [2.45, 2.75) is 63.5 Å². The Morgan fingerprint density at radius 3 is 2.21 bits per heavy atom. The quantitative estimate of drug-likeness (QED) is 0.679. The number of nitrogens with one attached hydrogen (secondary N) is 1. The van der Waals surface area contributed by atoms with Crippen LogP contribution in [-0.4, -0.2) is 23.8 Å². The molecule has 0 heterocycles. The molecule has 2 saturated carbocycles. The standard InChI is InChI=1S/C12H23NO/c14-12-7-11(8-12)13-9-10-5-3-1-2-4-6-10/h10-14H,1-9H2. The average molecular weight is 197 g/mol. The smallest absolute Gasteiger partial charge is 0.0570 e. The molecule has 0 saturated heterocycles. The molecule has 2 N–H and O–H groups in total. The van der Waals surface area contributed by atoms with Gasteiger partial charge in [0.05, 0.1) is 6.10 Å². The van der Waals surface area contributed by atoms with Crippen LogP contribution in [0.2, 0.25) is 0 Å². The minimum Gasteiger partial charge on any atom is -0.393 e. The van der Waals surface area contributed by atoms with Crippen LogP contribution in [0.4, 0.5) is 0 Å². The highest BCUT2D eigenvalue weighted by molar-refractivity contribution is 4.85. The fraction of sp³-hybridized carbons (Fsp3) is 1.00. The van der Waals surface area contributed by atoms with Crippen LogP contribution in [0.3, 0.4) is 0 Å². The van der Waals surface area contributed by atoms with Crippen molar-refractivity contribution >= 4 is 0 Å².